The van der Waals surface area contributed by atoms with Crippen LogP contribution in [0.25, 0.3) is 6.08 Å². The van der Waals surface area contributed by atoms with Crippen molar-refractivity contribution in [3.8, 4) is 0 Å². The molecule has 1 aliphatic rings. The summed E-state index contributed by atoms with van der Waals surface area (Å²) >= 11 is 0. The summed E-state index contributed by atoms with van der Waals surface area (Å²) in [6, 6.07) is 9.97. The highest BCUT2D eigenvalue weighted by Gasteiger charge is 2.21. The van der Waals surface area contributed by atoms with E-state index in [0.717, 1.165) is 38.0 Å². The zero-order valence-corrected chi connectivity index (χ0v) is 15.7. The van der Waals surface area contributed by atoms with Crippen LogP contribution in [0.5, 0.6) is 0 Å². The molecular weight excluding hydrogens is 356 g/mol. The maximum atomic E-state index is 10.9. The van der Waals surface area contributed by atoms with Gasteiger partial charge in [-0.1, -0.05) is 42.5 Å². The number of carboxylic acids is 1. The first-order valence-corrected chi connectivity index (χ1v) is 9.53. The monoisotopic (exact) mass is 382 g/mol. The number of aliphatic hydroxyl groups is 1. The van der Waals surface area contributed by atoms with Crippen LogP contribution in [0.3, 0.4) is 0 Å². The molecule has 0 spiro atoms. The number of aromatic carboxylic acids is 1. The van der Waals surface area contributed by atoms with Crippen LogP contribution in [-0.2, 0) is 0 Å². The number of hydrogen-bond donors (Lipinski definition) is 3. The molecule has 3 N–H and O–H groups in total. The summed E-state index contributed by atoms with van der Waals surface area (Å²) in [5, 5.41) is 22.0. The molecule has 1 saturated heterocycles. The van der Waals surface area contributed by atoms with Gasteiger partial charge in [0, 0.05) is 31.5 Å². The highest BCUT2D eigenvalue weighted by atomic mass is 16.4. The quantitative estimate of drug-likeness (QED) is 0.643. The maximum absolute atomic E-state index is 10.9. The number of nitrogens with zero attached hydrogens (tertiary/aromatic N) is 3. The van der Waals surface area contributed by atoms with E-state index in [9.17, 15) is 9.90 Å². The topological polar surface area (TPSA) is 98.6 Å². The van der Waals surface area contributed by atoms with E-state index in [1.54, 1.807) is 0 Å². The van der Waals surface area contributed by atoms with Gasteiger partial charge >= 0.3 is 5.97 Å². The first-order chi connectivity index (χ1) is 13.7. The van der Waals surface area contributed by atoms with Gasteiger partial charge in [0.05, 0.1) is 12.2 Å². The lowest BCUT2D eigenvalue weighted by Crippen LogP contribution is -2.41. The average Bonchev–Trinajstić information content (AvgIpc) is 2.75. The molecule has 3 rings (SSSR count). The molecule has 7 nitrogen and oxygen atoms in total. The number of nitrogens with one attached hydrogen (secondary N) is 1. The van der Waals surface area contributed by atoms with E-state index >= 15 is 0 Å². The van der Waals surface area contributed by atoms with Crippen LogP contribution in [0.1, 0.15) is 28.8 Å². The number of aliphatic hydroxyl groups excluding tert-OH is 1. The number of piperidine rings is 1. The van der Waals surface area contributed by atoms with Crippen LogP contribution < -0.4 is 10.2 Å². The average molecular weight is 382 g/mol. The lowest BCUT2D eigenvalue weighted by atomic mass is 9.96. The van der Waals surface area contributed by atoms with E-state index in [1.807, 2.05) is 42.5 Å². The third-order valence-electron chi connectivity index (χ3n) is 4.97. The Morgan fingerprint density at radius 1 is 1.21 bits per heavy atom. The molecule has 1 aromatic carbocycles. The number of hydrogen-bond acceptors (Lipinski definition) is 6. The SMILES string of the molecule is O=C(O)c1cnc(N2CCC(CNC(C=Cc3ccccc3)CO)CC2)nc1. The van der Waals surface area contributed by atoms with Crippen molar-refractivity contribution in [2.45, 2.75) is 18.9 Å². The van der Waals surface area contributed by atoms with Crippen LogP contribution in [0.2, 0.25) is 0 Å². The number of benzene rings is 1. The fraction of sp³-hybridized carbons (Fsp3) is 0.381. The van der Waals surface area contributed by atoms with Gasteiger partial charge in [-0.15, -0.1) is 0 Å². The molecule has 28 heavy (non-hydrogen) atoms. The third kappa shape index (κ3) is 5.61. The highest BCUT2D eigenvalue weighted by Crippen LogP contribution is 2.20. The fourth-order valence-electron chi connectivity index (χ4n) is 3.23. The molecule has 1 aliphatic heterocycles. The minimum Gasteiger partial charge on any atom is -0.478 e. The first-order valence-electron chi connectivity index (χ1n) is 9.53. The van der Waals surface area contributed by atoms with E-state index in [0.29, 0.717) is 11.9 Å². The highest BCUT2D eigenvalue weighted by molar-refractivity contribution is 5.86. The molecule has 7 heteroatoms. The van der Waals surface area contributed by atoms with Crippen molar-refractivity contribution in [1.82, 2.24) is 15.3 Å². The van der Waals surface area contributed by atoms with E-state index < -0.39 is 5.97 Å². The number of aromatic nitrogens is 2. The minimum absolute atomic E-state index is 0.0615. The molecule has 1 aromatic heterocycles. The second-order valence-corrected chi connectivity index (χ2v) is 6.97. The van der Waals surface area contributed by atoms with Gasteiger partial charge in [0.1, 0.15) is 0 Å². The maximum Gasteiger partial charge on any atom is 0.338 e. The largest absolute Gasteiger partial charge is 0.478 e. The Labute approximate surface area is 164 Å². The molecule has 148 valence electrons. The van der Waals surface area contributed by atoms with Crippen molar-refractivity contribution >= 4 is 18.0 Å². The molecule has 1 atom stereocenters. The second-order valence-electron chi connectivity index (χ2n) is 6.97. The first kappa shape index (κ1) is 20.0. The Morgan fingerprint density at radius 3 is 2.50 bits per heavy atom. The molecular formula is C21H26N4O3. The van der Waals surface area contributed by atoms with Gasteiger partial charge in [0.25, 0.3) is 0 Å². The van der Waals surface area contributed by atoms with Gasteiger partial charge in [0.2, 0.25) is 5.95 Å². The Bertz CT molecular complexity index is 772. The summed E-state index contributed by atoms with van der Waals surface area (Å²) in [4.78, 5) is 21.3. The number of anilines is 1. The van der Waals surface area contributed by atoms with Crippen LogP contribution in [-0.4, -0.2) is 58.4 Å². The van der Waals surface area contributed by atoms with E-state index in [2.05, 4.69) is 20.2 Å². The van der Waals surface area contributed by atoms with Crippen LogP contribution in [0.15, 0.2) is 48.8 Å². The van der Waals surface area contributed by atoms with Crippen molar-refractivity contribution in [3.05, 3.63) is 59.9 Å². The predicted octanol–water partition coefficient (Wildman–Crippen LogP) is 2.06. The summed E-state index contributed by atoms with van der Waals surface area (Å²) in [5.41, 5.74) is 1.21. The van der Waals surface area contributed by atoms with Gasteiger partial charge in [-0.2, -0.15) is 0 Å². The van der Waals surface area contributed by atoms with Crippen molar-refractivity contribution < 1.29 is 15.0 Å². The summed E-state index contributed by atoms with van der Waals surface area (Å²) in [7, 11) is 0. The Hall–Kier alpha value is -2.77. The molecule has 2 heterocycles. The van der Waals surface area contributed by atoms with Crippen molar-refractivity contribution in [3.63, 3.8) is 0 Å². The fourth-order valence-corrected chi connectivity index (χ4v) is 3.23. The molecule has 0 radical (unpaired) electrons. The van der Waals surface area contributed by atoms with Crippen molar-refractivity contribution in [2.75, 3.05) is 31.1 Å². The Kier molecular flexibility index (Phi) is 7.11. The molecule has 0 aliphatic carbocycles. The normalized spacial score (nSPS) is 16.4. The van der Waals surface area contributed by atoms with E-state index in [1.165, 1.54) is 12.4 Å². The van der Waals surface area contributed by atoms with E-state index in [-0.39, 0.29) is 18.2 Å². The van der Waals surface area contributed by atoms with Gasteiger partial charge in [0.15, 0.2) is 0 Å². The standard InChI is InChI=1S/C21H26N4O3/c26-15-19(7-6-16-4-2-1-3-5-16)22-12-17-8-10-25(11-9-17)21-23-13-18(14-24-21)20(27)28/h1-7,13-14,17,19,22,26H,8-12,15H2,(H,27,28). The second kappa shape index (κ2) is 9.96. The third-order valence-corrected chi connectivity index (χ3v) is 4.97. The summed E-state index contributed by atoms with van der Waals surface area (Å²) < 4.78 is 0. The van der Waals surface area contributed by atoms with Crippen molar-refractivity contribution in [1.29, 1.82) is 0 Å². The predicted molar refractivity (Wildman–Crippen MR) is 108 cm³/mol. The van der Waals surface area contributed by atoms with Crippen LogP contribution in [0.4, 0.5) is 5.95 Å². The smallest absolute Gasteiger partial charge is 0.338 e. The number of carboxylic acid groups (broad SMARTS) is 1. The zero-order valence-electron chi connectivity index (χ0n) is 15.7. The Morgan fingerprint density at radius 2 is 1.89 bits per heavy atom. The number of carbonyl (C=O) groups is 1. The van der Waals surface area contributed by atoms with Crippen LogP contribution >= 0.6 is 0 Å². The molecule has 0 amide bonds. The Balaban J connectivity index is 1.44. The van der Waals surface area contributed by atoms with Crippen molar-refractivity contribution in [2.24, 2.45) is 5.92 Å². The minimum atomic E-state index is -1.02. The van der Waals surface area contributed by atoms with E-state index in [4.69, 9.17) is 5.11 Å². The summed E-state index contributed by atoms with van der Waals surface area (Å²) in [5.74, 6) is 0.0836. The molecule has 1 unspecified atom stereocenters. The van der Waals surface area contributed by atoms with Crippen LogP contribution in [0, 0.1) is 5.92 Å². The molecule has 1 fully saturated rings. The summed E-state index contributed by atoms with van der Waals surface area (Å²) in [6.07, 6.45) is 8.72. The van der Waals surface area contributed by atoms with Gasteiger partial charge < -0.3 is 20.4 Å². The van der Waals surface area contributed by atoms with Gasteiger partial charge in [-0.05, 0) is 30.9 Å². The number of rotatable bonds is 8. The molecule has 0 bridgehead atoms. The summed E-state index contributed by atoms with van der Waals surface area (Å²) in [6.45, 7) is 2.58. The molecule has 0 saturated carbocycles. The lowest BCUT2D eigenvalue weighted by molar-refractivity contribution is 0.0696. The van der Waals surface area contributed by atoms with Gasteiger partial charge in [-0.3, -0.25) is 0 Å². The lowest BCUT2D eigenvalue weighted by Gasteiger charge is -2.32. The zero-order chi connectivity index (χ0) is 19.8. The van der Waals surface area contributed by atoms with Gasteiger partial charge in [-0.25, -0.2) is 14.8 Å². The molecule has 2 aromatic rings.